The summed E-state index contributed by atoms with van der Waals surface area (Å²) in [5.41, 5.74) is 10.7. The van der Waals surface area contributed by atoms with Gasteiger partial charge in [0.15, 0.2) is 0 Å². The number of nitrogens with zero attached hydrogens (tertiary/aromatic N) is 2. The Hall–Kier alpha value is -3.40. The van der Waals surface area contributed by atoms with E-state index in [-0.39, 0.29) is 24.5 Å². The number of imide groups is 1. The highest BCUT2D eigenvalue weighted by atomic mass is 32.1. The predicted octanol–water partition coefficient (Wildman–Crippen LogP) is 3.81. The van der Waals surface area contributed by atoms with Gasteiger partial charge in [-0.15, -0.1) is 11.3 Å². The van der Waals surface area contributed by atoms with Gasteiger partial charge >= 0.3 is 12.1 Å². The van der Waals surface area contributed by atoms with Gasteiger partial charge in [-0.3, -0.25) is 14.5 Å². The third-order valence-corrected chi connectivity index (χ3v) is 9.55. The fraction of sp³-hybridized carbons (Fsp3) is 0.500. The van der Waals surface area contributed by atoms with Gasteiger partial charge in [-0.1, -0.05) is 6.07 Å². The number of anilines is 1. The van der Waals surface area contributed by atoms with E-state index in [1.165, 1.54) is 27.9 Å². The van der Waals surface area contributed by atoms with E-state index < -0.39 is 17.9 Å². The second-order valence-electron chi connectivity index (χ2n) is 10.6. The zero-order valence-corrected chi connectivity index (χ0v) is 23.0. The molecule has 3 aliphatic rings. The fourth-order valence-corrected chi connectivity index (χ4v) is 7.22. The summed E-state index contributed by atoms with van der Waals surface area (Å²) in [5, 5.41) is 5.25. The van der Waals surface area contributed by atoms with Crippen LogP contribution in [0.25, 0.3) is 0 Å². The Morgan fingerprint density at radius 1 is 1.11 bits per heavy atom. The molecule has 9 nitrogen and oxygen atoms in total. The molecule has 0 spiro atoms. The first kappa shape index (κ1) is 26.2. The number of aryl methyl sites for hydroxylation is 2. The van der Waals surface area contributed by atoms with E-state index in [1.54, 1.807) is 23.5 Å². The number of carbonyl (C=O) groups excluding carboxylic acids is 4. The molecule has 1 aromatic carbocycles. The molecule has 2 heterocycles. The predicted molar refractivity (Wildman–Crippen MR) is 146 cm³/mol. The molecule has 5 rings (SSSR count). The number of fused-ring (bicyclic) bond motifs is 2. The van der Waals surface area contributed by atoms with Crippen molar-refractivity contribution in [1.82, 2.24) is 15.1 Å². The fourth-order valence-electron chi connectivity index (χ4n) is 5.99. The number of hydrogen-bond donors (Lipinski definition) is 3. The summed E-state index contributed by atoms with van der Waals surface area (Å²) in [6, 6.07) is 4.27. The Morgan fingerprint density at radius 3 is 2.55 bits per heavy atom. The van der Waals surface area contributed by atoms with Crippen LogP contribution in [-0.2, 0) is 29.0 Å². The number of primary amides is 1. The number of carbonyl (C=O) groups is 4. The van der Waals surface area contributed by atoms with Gasteiger partial charge in [0, 0.05) is 28.5 Å². The minimum Gasteiger partial charge on any atom is -0.351 e. The standard InChI is InChI=1S/C28H35N5O4S/c1-15-16(2)38-24-13-32(23(17-4-5-17)11-10-20(15)24)25(34)14-33(27(29)36)26(35)22-8-6-18-12-19(7-9-21(18)22)31-28(37)30-3/h7,9,12,17,22-23H,4-6,8,10-11,13-14H2,1-3H3,(H2,29,36)(H2,30,31,37)/t22-,23-/m0/s1. The number of benzene rings is 1. The summed E-state index contributed by atoms with van der Waals surface area (Å²) in [7, 11) is 1.54. The van der Waals surface area contributed by atoms with Crippen molar-refractivity contribution >= 4 is 40.9 Å². The van der Waals surface area contributed by atoms with Crippen LogP contribution in [0, 0.1) is 19.8 Å². The number of nitrogens with one attached hydrogen (secondary N) is 2. The summed E-state index contributed by atoms with van der Waals surface area (Å²) < 4.78 is 0. The highest BCUT2D eigenvalue weighted by Gasteiger charge is 2.41. The molecule has 0 bridgehead atoms. The first-order chi connectivity index (χ1) is 18.2. The van der Waals surface area contributed by atoms with Gasteiger partial charge in [0.2, 0.25) is 11.8 Å². The molecular weight excluding hydrogens is 502 g/mol. The van der Waals surface area contributed by atoms with Crippen LogP contribution in [0.5, 0.6) is 0 Å². The maximum absolute atomic E-state index is 13.7. The molecule has 10 heteroatoms. The molecule has 202 valence electrons. The summed E-state index contributed by atoms with van der Waals surface area (Å²) in [6.07, 6.45) is 5.20. The number of amides is 6. The third kappa shape index (κ3) is 5.01. The molecule has 1 aromatic heterocycles. The average molecular weight is 538 g/mol. The number of hydrogen-bond acceptors (Lipinski definition) is 5. The van der Waals surface area contributed by atoms with E-state index in [1.807, 2.05) is 11.0 Å². The third-order valence-electron chi connectivity index (χ3n) is 8.31. The van der Waals surface area contributed by atoms with Crippen LogP contribution in [0.1, 0.15) is 63.6 Å². The minimum absolute atomic E-state index is 0.116. The topological polar surface area (TPSA) is 125 Å². The Balaban J connectivity index is 1.34. The van der Waals surface area contributed by atoms with E-state index in [4.69, 9.17) is 5.73 Å². The van der Waals surface area contributed by atoms with Crippen molar-refractivity contribution in [3.63, 3.8) is 0 Å². The molecule has 4 N–H and O–H groups in total. The van der Waals surface area contributed by atoms with Crippen molar-refractivity contribution in [3.8, 4) is 0 Å². The molecule has 2 aliphatic carbocycles. The van der Waals surface area contributed by atoms with Crippen LogP contribution < -0.4 is 16.4 Å². The van der Waals surface area contributed by atoms with Crippen LogP contribution in [0.3, 0.4) is 0 Å². The van der Waals surface area contributed by atoms with Crippen LogP contribution in [-0.4, -0.2) is 53.3 Å². The lowest BCUT2D eigenvalue weighted by molar-refractivity contribution is -0.141. The largest absolute Gasteiger partial charge is 0.351 e. The van der Waals surface area contributed by atoms with Crippen LogP contribution in [0.2, 0.25) is 0 Å². The summed E-state index contributed by atoms with van der Waals surface area (Å²) in [4.78, 5) is 56.8. The molecule has 2 aromatic rings. The van der Waals surface area contributed by atoms with Crippen LogP contribution in [0.4, 0.5) is 15.3 Å². The minimum atomic E-state index is -0.906. The first-order valence-electron chi connectivity index (χ1n) is 13.3. The molecule has 1 aliphatic heterocycles. The van der Waals surface area contributed by atoms with Crippen molar-refractivity contribution in [2.75, 3.05) is 18.9 Å². The highest BCUT2D eigenvalue weighted by molar-refractivity contribution is 7.12. The van der Waals surface area contributed by atoms with E-state index in [9.17, 15) is 19.2 Å². The smallest absolute Gasteiger partial charge is 0.321 e. The van der Waals surface area contributed by atoms with E-state index in [0.717, 1.165) is 41.7 Å². The molecule has 6 amide bonds. The van der Waals surface area contributed by atoms with Gasteiger partial charge in [-0.25, -0.2) is 9.59 Å². The lowest BCUT2D eigenvalue weighted by atomic mass is 9.99. The maximum Gasteiger partial charge on any atom is 0.321 e. The Morgan fingerprint density at radius 2 is 1.87 bits per heavy atom. The average Bonchev–Trinajstić information content (AvgIpc) is 3.62. The van der Waals surface area contributed by atoms with Crippen molar-refractivity contribution in [2.24, 2.45) is 11.7 Å². The van der Waals surface area contributed by atoms with Gasteiger partial charge < -0.3 is 21.3 Å². The maximum atomic E-state index is 13.7. The number of thiophene rings is 1. The summed E-state index contributed by atoms with van der Waals surface area (Å²) in [6.45, 7) is 4.43. The first-order valence-corrected chi connectivity index (χ1v) is 14.1. The van der Waals surface area contributed by atoms with Crippen LogP contribution >= 0.6 is 11.3 Å². The lowest BCUT2D eigenvalue weighted by Gasteiger charge is -2.32. The van der Waals surface area contributed by atoms with Crippen molar-refractivity contribution in [3.05, 3.63) is 50.2 Å². The summed E-state index contributed by atoms with van der Waals surface area (Å²) in [5.74, 6) is -0.754. The molecule has 0 radical (unpaired) electrons. The van der Waals surface area contributed by atoms with Crippen molar-refractivity contribution in [1.29, 1.82) is 0 Å². The van der Waals surface area contributed by atoms with E-state index >= 15 is 0 Å². The van der Waals surface area contributed by atoms with Crippen molar-refractivity contribution in [2.45, 2.75) is 70.9 Å². The SMILES string of the molecule is CNC(=O)Nc1ccc2c(c1)CC[C@@H]2C(=O)N(CC(=O)N1Cc2sc(C)c(C)c2CC[C@H]1C1CC1)C(N)=O. The van der Waals surface area contributed by atoms with Crippen molar-refractivity contribution < 1.29 is 19.2 Å². The van der Waals surface area contributed by atoms with Gasteiger partial charge in [-0.05, 0) is 92.7 Å². The van der Waals surface area contributed by atoms with Gasteiger partial charge in [-0.2, -0.15) is 0 Å². The number of nitrogens with two attached hydrogens (primary N) is 1. The highest BCUT2D eigenvalue weighted by Crippen LogP contribution is 2.42. The Bertz CT molecular complexity index is 1300. The van der Waals surface area contributed by atoms with E-state index in [0.29, 0.717) is 31.0 Å². The van der Waals surface area contributed by atoms with Crippen LogP contribution in [0.15, 0.2) is 18.2 Å². The van der Waals surface area contributed by atoms with Gasteiger partial charge in [0.05, 0.1) is 12.5 Å². The molecule has 1 saturated carbocycles. The molecule has 1 fully saturated rings. The number of urea groups is 2. The Labute approximate surface area is 226 Å². The van der Waals surface area contributed by atoms with Gasteiger partial charge in [0.1, 0.15) is 6.54 Å². The zero-order chi connectivity index (χ0) is 27.1. The molecular formula is C28H35N5O4S. The molecule has 2 atom stereocenters. The molecule has 0 saturated heterocycles. The second kappa shape index (κ2) is 10.4. The summed E-state index contributed by atoms with van der Waals surface area (Å²) >= 11 is 1.74. The second-order valence-corrected chi connectivity index (χ2v) is 11.9. The lowest BCUT2D eigenvalue weighted by Crippen LogP contribution is -2.51. The normalized spacial score (nSPS) is 20.2. The zero-order valence-electron chi connectivity index (χ0n) is 22.1. The van der Waals surface area contributed by atoms with E-state index in [2.05, 4.69) is 24.5 Å². The monoisotopic (exact) mass is 537 g/mol. The van der Waals surface area contributed by atoms with Gasteiger partial charge in [0.25, 0.3) is 0 Å². The molecule has 38 heavy (non-hydrogen) atoms. The number of rotatable bonds is 5. The quantitative estimate of drug-likeness (QED) is 0.536. The Kier molecular flexibility index (Phi) is 7.17. The molecule has 0 unspecified atom stereocenters.